The van der Waals surface area contributed by atoms with Gasteiger partial charge >= 0.3 is 6.09 Å². The summed E-state index contributed by atoms with van der Waals surface area (Å²) in [7, 11) is 1.54. The lowest BCUT2D eigenvalue weighted by molar-refractivity contribution is -0.0670. The second-order valence-corrected chi connectivity index (χ2v) is 11.6. The monoisotopic (exact) mass is 563 g/mol. The molecule has 3 fully saturated rings. The number of carbonyl (C=O) groups is 2. The molecular weight excluding hydrogens is 529 g/mol. The zero-order chi connectivity index (χ0) is 29.4. The van der Waals surface area contributed by atoms with Crippen molar-refractivity contribution >= 4 is 23.2 Å². The molecule has 3 aromatic rings. The minimum atomic E-state index is -1.66. The van der Waals surface area contributed by atoms with E-state index in [2.05, 4.69) is 32.1 Å². The van der Waals surface area contributed by atoms with Crippen molar-refractivity contribution in [2.24, 2.45) is 0 Å². The number of ether oxygens (including phenoxy) is 1. The van der Waals surface area contributed by atoms with Crippen molar-refractivity contribution < 1.29 is 23.8 Å². The normalized spacial score (nSPS) is 22.5. The summed E-state index contributed by atoms with van der Waals surface area (Å²) in [6, 6.07) is 9.27. The molecule has 216 valence electrons. The number of nitriles is 1. The number of fused-ring (bicyclic) bond motifs is 4. The number of nitrogens with zero attached hydrogens (tertiary/aromatic N) is 4. The molecule has 0 saturated heterocycles. The van der Waals surface area contributed by atoms with E-state index < -0.39 is 29.4 Å². The average Bonchev–Trinajstić information content (AvgIpc) is 3.39. The first kappa shape index (κ1) is 28.3. The van der Waals surface area contributed by atoms with Crippen LogP contribution in [0.4, 0.5) is 14.9 Å². The van der Waals surface area contributed by atoms with Crippen LogP contribution in [0.25, 0.3) is 16.9 Å². The topological polar surface area (TPSA) is 154 Å². The number of alkyl carbamates (subject to hydrolysis) is 1. The van der Waals surface area contributed by atoms with Crippen LogP contribution in [0.3, 0.4) is 0 Å². The molecule has 2 amide bonds. The molecule has 4 N–H and O–H groups in total. The van der Waals surface area contributed by atoms with Gasteiger partial charge in [-0.25, -0.2) is 13.7 Å². The van der Waals surface area contributed by atoms with Crippen molar-refractivity contribution in [2.45, 2.75) is 75.3 Å². The van der Waals surface area contributed by atoms with Gasteiger partial charge in [0.05, 0.1) is 52.1 Å². The zero-order valence-corrected chi connectivity index (χ0v) is 23.3. The molecule has 0 spiro atoms. The van der Waals surface area contributed by atoms with Gasteiger partial charge < -0.3 is 25.8 Å². The number of halogens is 1. The summed E-state index contributed by atoms with van der Waals surface area (Å²) in [6.45, 7) is 2.34. The molecule has 11 nitrogen and oxygen atoms in total. The molecule has 0 radical (unpaired) electrons. The summed E-state index contributed by atoms with van der Waals surface area (Å²) in [4.78, 5) is 29.8. The highest BCUT2D eigenvalue weighted by Gasteiger charge is 2.51. The Labute approximate surface area is 237 Å². The summed E-state index contributed by atoms with van der Waals surface area (Å²) < 4.78 is 21.8. The Morgan fingerprint density at radius 2 is 1.90 bits per heavy atom. The highest BCUT2D eigenvalue weighted by molar-refractivity contribution is 6.00. The number of pyridine rings is 1. The molecule has 12 heteroatoms. The predicted octanol–water partition coefficient (Wildman–Crippen LogP) is 3.72. The quantitative estimate of drug-likeness (QED) is 0.323. The van der Waals surface area contributed by atoms with Crippen molar-refractivity contribution in [1.29, 1.82) is 5.26 Å². The molecule has 1 atom stereocenters. The molecule has 0 aromatic carbocycles. The van der Waals surface area contributed by atoms with Crippen LogP contribution in [0.15, 0.2) is 36.7 Å². The number of carbonyl (C=O) groups excluding carboxylic acids is 2. The van der Waals surface area contributed by atoms with E-state index in [4.69, 9.17) is 4.74 Å². The molecule has 3 saturated carbocycles. The number of hydrogen-bond donors (Lipinski definition) is 4. The third-order valence-electron chi connectivity index (χ3n) is 8.34. The van der Waals surface area contributed by atoms with Gasteiger partial charge in [-0.1, -0.05) is 0 Å². The minimum Gasteiger partial charge on any atom is -0.443 e. The smallest absolute Gasteiger partial charge is 0.407 e. The summed E-state index contributed by atoms with van der Waals surface area (Å²) >= 11 is 0. The number of hydrogen-bond acceptors (Lipinski definition) is 8. The lowest BCUT2D eigenvalue weighted by Gasteiger charge is -2.53. The molecule has 2 bridgehead atoms. The highest BCUT2D eigenvalue weighted by Crippen LogP contribution is 2.50. The van der Waals surface area contributed by atoms with Gasteiger partial charge in [-0.05, 0) is 76.6 Å². The number of anilines is 1. The fourth-order valence-corrected chi connectivity index (χ4v) is 5.69. The number of rotatable bonds is 8. The fraction of sp³-hybridized carbons (Fsp3) is 0.483. The van der Waals surface area contributed by atoms with E-state index in [9.17, 15) is 24.3 Å². The second kappa shape index (κ2) is 10.6. The number of alkyl halides is 1. The third-order valence-corrected chi connectivity index (χ3v) is 8.34. The number of nitrogens with one attached hydrogen (secondary N) is 3. The molecule has 3 aliphatic rings. The van der Waals surface area contributed by atoms with Crippen LogP contribution in [0.5, 0.6) is 0 Å². The summed E-state index contributed by atoms with van der Waals surface area (Å²) in [5, 5.41) is 32.3. The lowest BCUT2D eigenvalue weighted by atomic mass is 9.63. The van der Waals surface area contributed by atoms with Crippen LogP contribution in [0, 0.1) is 11.3 Å². The van der Waals surface area contributed by atoms with Gasteiger partial charge in [0.2, 0.25) is 0 Å². The van der Waals surface area contributed by atoms with Crippen LogP contribution >= 0.6 is 0 Å². The van der Waals surface area contributed by atoms with Crippen LogP contribution in [-0.2, 0) is 4.74 Å². The van der Waals surface area contributed by atoms with Crippen molar-refractivity contribution in [2.75, 3.05) is 18.9 Å². The Hall–Kier alpha value is -4.24. The molecule has 3 aliphatic carbocycles. The Balaban J connectivity index is 1.45. The van der Waals surface area contributed by atoms with E-state index in [1.807, 2.05) is 12.1 Å². The second-order valence-electron chi connectivity index (χ2n) is 11.6. The van der Waals surface area contributed by atoms with Gasteiger partial charge in [0.25, 0.3) is 5.91 Å². The van der Waals surface area contributed by atoms with Crippen molar-refractivity contribution in [1.82, 2.24) is 25.2 Å². The molecule has 3 heterocycles. The number of amides is 2. The van der Waals surface area contributed by atoms with Gasteiger partial charge in [0.1, 0.15) is 17.8 Å². The van der Waals surface area contributed by atoms with Crippen molar-refractivity contribution in [3.05, 3.63) is 47.8 Å². The molecule has 3 aromatic heterocycles. The lowest BCUT2D eigenvalue weighted by Crippen LogP contribution is -2.56. The number of aromatic nitrogens is 3. The third kappa shape index (κ3) is 5.67. The Kier molecular flexibility index (Phi) is 7.33. The predicted molar refractivity (Wildman–Crippen MR) is 149 cm³/mol. The van der Waals surface area contributed by atoms with Crippen LogP contribution in [-0.4, -0.2) is 68.2 Å². The maximum Gasteiger partial charge on any atom is 0.407 e. The SMILES string of the molecule is CNC(=O)OC12CCC(Nc3cc(-c4ccc5cc(C#N)cnn45)ncc3C(=O)NCC(F)C(C)(C)O)(CC1)CC2. The largest absolute Gasteiger partial charge is 0.443 e. The molecule has 41 heavy (non-hydrogen) atoms. The first-order valence-corrected chi connectivity index (χ1v) is 13.7. The fourth-order valence-electron chi connectivity index (χ4n) is 5.69. The minimum absolute atomic E-state index is 0.246. The molecule has 0 aliphatic heterocycles. The van der Waals surface area contributed by atoms with E-state index in [1.54, 1.807) is 23.7 Å². The van der Waals surface area contributed by atoms with E-state index >= 15 is 0 Å². The molecular formula is C29H34FN7O4. The van der Waals surface area contributed by atoms with Crippen LogP contribution < -0.4 is 16.0 Å². The number of aliphatic hydroxyl groups is 1. The maximum absolute atomic E-state index is 14.4. The summed E-state index contributed by atoms with van der Waals surface area (Å²) in [6.07, 6.45) is 5.12. The van der Waals surface area contributed by atoms with Gasteiger partial charge in [-0.15, -0.1) is 0 Å². The van der Waals surface area contributed by atoms with Crippen LogP contribution in [0.2, 0.25) is 0 Å². The van der Waals surface area contributed by atoms with Crippen molar-refractivity contribution in [3.63, 3.8) is 0 Å². The zero-order valence-electron chi connectivity index (χ0n) is 23.3. The average molecular weight is 564 g/mol. The van der Waals surface area contributed by atoms with Gasteiger partial charge in [0, 0.05) is 18.8 Å². The van der Waals surface area contributed by atoms with E-state index in [0.29, 0.717) is 41.9 Å². The van der Waals surface area contributed by atoms with Crippen molar-refractivity contribution in [3.8, 4) is 17.5 Å². The van der Waals surface area contributed by atoms with Crippen LogP contribution in [0.1, 0.15) is 68.3 Å². The van der Waals surface area contributed by atoms with E-state index in [-0.39, 0.29) is 17.6 Å². The summed E-state index contributed by atoms with van der Waals surface area (Å²) in [5.41, 5.74) is 0.770. The molecule has 6 rings (SSSR count). The highest BCUT2D eigenvalue weighted by atomic mass is 19.1. The molecule has 1 unspecified atom stereocenters. The van der Waals surface area contributed by atoms with E-state index in [1.165, 1.54) is 26.2 Å². The first-order valence-electron chi connectivity index (χ1n) is 13.7. The Bertz CT molecular complexity index is 1500. The van der Waals surface area contributed by atoms with E-state index in [0.717, 1.165) is 24.8 Å². The summed E-state index contributed by atoms with van der Waals surface area (Å²) in [5.74, 6) is -0.518. The Morgan fingerprint density at radius 1 is 1.20 bits per heavy atom. The Morgan fingerprint density at radius 3 is 2.54 bits per heavy atom. The van der Waals surface area contributed by atoms with Gasteiger partial charge in [-0.3, -0.25) is 9.78 Å². The standard InChI is InChI=1S/C29H34FN7O4/c1-27(2,40)24(30)17-34-25(38)20-16-33-22(23-5-4-19-12-18(14-31)15-35-37(19)23)13-21(20)36-28-6-9-29(10-7-28,11-8-28)41-26(39)32-3/h4-5,12-13,15-16,24,40H,6-11,17H2,1-3H3,(H,32,39)(H,33,36)(H,34,38). The maximum atomic E-state index is 14.4. The van der Waals surface area contributed by atoms with Gasteiger partial charge in [-0.2, -0.15) is 10.4 Å². The first-order chi connectivity index (χ1) is 19.5. The van der Waals surface area contributed by atoms with Gasteiger partial charge in [0.15, 0.2) is 0 Å².